The van der Waals surface area contributed by atoms with Crippen molar-refractivity contribution in [3.63, 3.8) is 0 Å². The van der Waals surface area contributed by atoms with Crippen molar-refractivity contribution in [3.8, 4) is 0 Å². The number of benzene rings is 2. The number of hydrogen-bond acceptors (Lipinski definition) is 5. The molecule has 2 aromatic carbocycles. The van der Waals surface area contributed by atoms with Crippen molar-refractivity contribution in [2.45, 2.75) is 6.54 Å². The van der Waals surface area contributed by atoms with Crippen LogP contribution in [0.5, 0.6) is 0 Å². The van der Waals surface area contributed by atoms with E-state index in [1.54, 1.807) is 12.5 Å². The molecule has 0 unspecified atom stereocenters. The number of nitrogens with two attached hydrogens (primary N) is 1. The van der Waals surface area contributed by atoms with Gasteiger partial charge in [-0.1, -0.05) is 30.3 Å². The van der Waals surface area contributed by atoms with Gasteiger partial charge in [-0.15, -0.1) is 0 Å². The van der Waals surface area contributed by atoms with Crippen LogP contribution in [0.2, 0.25) is 0 Å². The molecule has 0 aliphatic carbocycles. The molecule has 0 saturated heterocycles. The molecule has 118 valence electrons. The molecule has 0 amide bonds. The molecule has 0 spiro atoms. The number of anilines is 3. The summed E-state index contributed by atoms with van der Waals surface area (Å²) in [4.78, 5) is 8.72. The maximum absolute atomic E-state index is 5.72. The monoisotopic (exact) mass is 316 g/mol. The number of hydrogen-bond donors (Lipinski definition) is 2. The van der Waals surface area contributed by atoms with Gasteiger partial charge in [-0.25, -0.2) is 14.6 Å². The van der Waals surface area contributed by atoms with Gasteiger partial charge in [-0.2, -0.15) is 5.10 Å². The van der Waals surface area contributed by atoms with E-state index in [4.69, 9.17) is 5.73 Å². The van der Waals surface area contributed by atoms with Crippen molar-refractivity contribution >= 4 is 28.2 Å². The standard InChI is InChI=1S/C18H16N6/c19-14-6-8-15(9-7-14)23-17-16-10-22-24(18(16)21-12-20-17)11-13-4-2-1-3-5-13/h1-10,12H,11,19H2,(H,20,21,23). The first-order valence-corrected chi connectivity index (χ1v) is 7.62. The van der Waals surface area contributed by atoms with Crippen LogP contribution in [0.15, 0.2) is 67.1 Å². The lowest BCUT2D eigenvalue weighted by Crippen LogP contribution is -2.03. The highest BCUT2D eigenvalue weighted by Gasteiger charge is 2.10. The quantitative estimate of drug-likeness (QED) is 0.565. The van der Waals surface area contributed by atoms with Crippen LogP contribution < -0.4 is 11.1 Å². The molecule has 0 bridgehead atoms. The van der Waals surface area contributed by atoms with E-state index in [0.29, 0.717) is 6.54 Å². The number of nitrogen functional groups attached to an aromatic ring is 1. The van der Waals surface area contributed by atoms with Gasteiger partial charge >= 0.3 is 0 Å². The molecule has 4 rings (SSSR count). The minimum atomic E-state index is 0.669. The number of fused-ring (bicyclic) bond motifs is 1. The molecule has 4 aromatic rings. The average molecular weight is 316 g/mol. The van der Waals surface area contributed by atoms with Gasteiger partial charge in [0.2, 0.25) is 0 Å². The Hall–Kier alpha value is -3.41. The van der Waals surface area contributed by atoms with Crippen LogP contribution in [-0.4, -0.2) is 19.7 Å². The van der Waals surface area contributed by atoms with Gasteiger partial charge in [0.25, 0.3) is 0 Å². The van der Waals surface area contributed by atoms with E-state index in [9.17, 15) is 0 Å². The lowest BCUT2D eigenvalue weighted by atomic mass is 10.2. The van der Waals surface area contributed by atoms with Crippen LogP contribution >= 0.6 is 0 Å². The Morgan fingerprint density at radius 3 is 2.54 bits per heavy atom. The summed E-state index contributed by atoms with van der Waals surface area (Å²) in [6.07, 6.45) is 3.34. The van der Waals surface area contributed by atoms with E-state index >= 15 is 0 Å². The minimum Gasteiger partial charge on any atom is -0.399 e. The van der Waals surface area contributed by atoms with Gasteiger partial charge in [-0.3, -0.25) is 0 Å². The zero-order valence-electron chi connectivity index (χ0n) is 12.9. The number of nitrogens with zero attached hydrogens (tertiary/aromatic N) is 4. The third-order valence-corrected chi connectivity index (χ3v) is 3.78. The van der Waals surface area contributed by atoms with Crippen molar-refractivity contribution < 1.29 is 0 Å². The third-order valence-electron chi connectivity index (χ3n) is 3.78. The highest BCUT2D eigenvalue weighted by Crippen LogP contribution is 2.23. The Labute approximate surface area is 139 Å². The maximum atomic E-state index is 5.72. The van der Waals surface area contributed by atoms with Gasteiger partial charge < -0.3 is 11.1 Å². The van der Waals surface area contributed by atoms with E-state index < -0.39 is 0 Å². The number of aromatic nitrogens is 4. The Kier molecular flexibility index (Phi) is 3.55. The van der Waals surface area contributed by atoms with E-state index in [1.807, 2.05) is 47.1 Å². The van der Waals surface area contributed by atoms with Crippen molar-refractivity contribution in [1.29, 1.82) is 0 Å². The molecule has 24 heavy (non-hydrogen) atoms. The lowest BCUT2D eigenvalue weighted by molar-refractivity contribution is 0.704. The average Bonchev–Trinajstić information content (AvgIpc) is 3.02. The molecule has 0 fully saturated rings. The molecule has 2 aromatic heterocycles. The van der Waals surface area contributed by atoms with Crippen LogP contribution in [0, 0.1) is 0 Å². The van der Waals surface area contributed by atoms with Crippen LogP contribution in [-0.2, 0) is 6.54 Å². The van der Waals surface area contributed by atoms with E-state index in [-0.39, 0.29) is 0 Å². The number of rotatable bonds is 4. The topological polar surface area (TPSA) is 81.7 Å². The van der Waals surface area contributed by atoms with Crippen molar-refractivity contribution in [3.05, 3.63) is 72.7 Å². The fourth-order valence-electron chi connectivity index (χ4n) is 2.57. The second-order valence-corrected chi connectivity index (χ2v) is 5.49. The van der Waals surface area contributed by atoms with Crippen molar-refractivity contribution in [1.82, 2.24) is 19.7 Å². The van der Waals surface area contributed by atoms with Crippen LogP contribution in [0.25, 0.3) is 11.0 Å². The second kappa shape index (κ2) is 6.00. The summed E-state index contributed by atoms with van der Waals surface area (Å²) in [6.45, 7) is 0.669. The van der Waals surface area contributed by atoms with Gasteiger partial charge in [0.15, 0.2) is 5.65 Å². The molecule has 6 nitrogen and oxygen atoms in total. The first kappa shape index (κ1) is 14.2. The van der Waals surface area contributed by atoms with Gasteiger partial charge in [0, 0.05) is 11.4 Å². The Morgan fingerprint density at radius 1 is 0.958 bits per heavy atom. The first-order valence-electron chi connectivity index (χ1n) is 7.62. The van der Waals surface area contributed by atoms with Crippen LogP contribution in [0.3, 0.4) is 0 Å². The van der Waals surface area contributed by atoms with Crippen molar-refractivity contribution in [2.24, 2.45) is 0 Å². The van der Waals surface area contributed by atoms with E-state index in [1.165, 1.54) is 5.56 Å². The molecule has 3 N–H and O–H groups in total. The van der Waals surface area contributed by atoms with Crippen LogP contribution in [0.1, 0.15) is 5.56 Å². The molecule has 0 radical (unpaired) electrons. The maximum Gasteiger partial charge on any atom is 0.163 e. The van der Waals surface area contributed by atoms with Crippen LogP contribution in [0.4, 0.5) is 17.2 Å². The SMILES string of the molecule is Nc1ccc(Nc2ncnc3c2cnn3Cc2ccccc2)cc1. The fraction of sp³-hybridized carbons (Fsp3) is 0.0556. The smallest absolute Gasteiger partial charge is 0.163 e. The Morgan fingerprint density at radius 2 is 1.75 bits per heavy atom. The molecular formula is C18H16N6. The molecule has 0 saturated carbocycles. The number of nitrogens with one attached hydrogen (secondary N) is 1. The predicted octanol–water partition coefficient (Wildman–Crippen LogP) is 3.20. The lowest BCUT2D eigenvalue weighted by Gasteiger charge is -2.07. The molecule has 0 aliphatic rings. The second-order valence-electron chi connectivity index (χ2n) is 5.49. The van der Waals surface area contributed by atoms with Gasteiger partial charge in [0.05, 0.1) is 18.1 Å². The summed E-state index contributed by atoms with van der Waals surface area (Å²) in [6, 6.07) is 17.7. The summed E-state index contributed by atoms with van der Waals surface area (Å²) in [7, 11) is 0. The van der Waals surface area contributed by atoms with Gasteiger partial charge in [0.1, 0.15) is 12.1 Å². The summed E-state index contributed by atoms with van der Waals surface area (Å²) < 4.78 is 1.88. The molecule has 0 aliphatic heterocycles. The normalized spacial score (nSPS) is 10.8. The third kappa shape index (κ3) is 2.77. The fourth-order valence-corrected chi connectivity index (χ4v) is 2.57. The molecule has 2 heterocycles. The highest BCUT2D eigenvalue weighted by atomic mass is 15.3. The van der Waals surface area contributed by atoms with E-state index in [2.05, 4.69) is 32.5 Å². The Balaban J connectivity index is 1.67. The molecular weight excluding hydrogens is 300 g/mol. The van der Waals surface area contributed by atoms with Gasteiger partial charge in [-0.05, 0) is 29.8 Å². The summed E-state index contributed by atoms with van der Waals surface area (Å²) in [5.41, 5.74) is 9.34. The summed E-state index contributed by atoms with van der Waals surface area (Å²) >= 11 is 0. The summed E-state index contributed by atoms with van der Waals surface area (Å²) in [5.74, 6) is 0.726. The van der Waals surface area contributed by atoms with Crippen molar-refractivity contribution in [2.75, 3.05) is 11.1 Å². The molecule has 6 heteroatoms. The zero-order chi connectivity index (χ0) is 16.4. The molecule has 0 atom stereocenters. The zero-order valence-corrected chi connectivity index (χ0v) is 12.9. The largest absolute Gasteiger partial charge is 0.399 e. The van der Waals surface area contributed by atoms with E-state index in [0.717, 1.165) is 28.2 Å². The Bertz CT molecular complexity index is 960. The highest BCUT2D eigenvalue weighted by molar-refractivity contribution is 5.88. The minimum absolute atomic E-state index is 0.669. The first-order chi connectivity index (χ1) is 11.8. The predicted molar refractivity (Wildman–Crippen MR) is 95.0 cm³/mol. The summed E-state index contributed by atoms with van der Waals surface area (Å²) in [5, 5.41) is 8.63.